The van der Waals surface area contributed by atoms with E-state index in [-0.39, 0.29) is 18.6 Å². The third-order valence-electron chi connectivity index (χ3n) is 12.0. The lowest BCUT2D eigenvalue weighted by molar-refractivity contribution is -0.293. The maximum Gasteiger partial charge on any atom is 0.509 e. The van der Waals surface area contributed by atoms with Crippen LogP contribution >= 0.6 is 0 Å². The number of aromatic nitrogens is 3. The van der Waals surface area contributed by atoms with E-state index in [2.05, 4.69) is 15.4 Å². The number of halogens is 1. The Bertz CT molecular complexity index is 1890. The summed E-state index contributed by atoms with van der Waals surface area (Å²) in [6.07, 6.45) is -3.29. The van der Waals surface area contributed by atoms with Gasteiger partial charge in [-0.2, -0.15) is 5.10 Å². The second-order valence-corrected chi connectivity index (χ2v) is 16.8. The van der Waals surface area contributed by atoms with Crippen LogP contribution in [0.2, 0.25) is 0 Å². The molecule has 0 saturated carbocycles. The fourth-order valence-electron chi connectivity index (χ4n) is 8.72. The standard InChI is InChI=1S/C42H58FN5O12/c1-11-31-42(8)35(46-39(53)59-42)24(4)32(49)22(2)18-41(7,60-40(54)55-19-28(43)17-27-12-14-29(15-13-27)48-21-44-20-45-48)36(25(5)33(50)26(6)37(52)57-31)58-38-34(51)30(47(9)10)16-23(3)56-38/h12-15,17,20-26,30-31,34-36,38,51H,11,16,18-19H2,1-10H3,(H,46,53)/t22-,23-,24+,25+,26-,30+,31-,34-,35-,36-,38+,41-,42-/m1/s1. The van der Waals surface area contributed by atoms with E-state index >= 15 is 4.39 Å². The van der Waals surface area contributed by atoms with E-state index in [0.717, 1.165) is 0 Å². The smallest absolute Gasteiger partial charge is 0.458 e. The fourth-order valence-corrected chi connectivity index (χ4v) is 8.72. The lowest BCUT2D eigenvalue weighted by Crippen LogP contribution is -2.60. The second kappa shape index (κ2) is 18.9. The number of hydrogen-bond acceptors (Lipinski definition) is 15. The van der Waals surface area contributed by atoms with Gasteiger partial charge in [-0.1, -0.05) is 39.8 Å². The number of Topliss-reactive ketones (excluding diaryl/α,β-unsaturated/α-hetero) is 2. The number of ether oxygens (including phenoxy) is 6. The Balaban J connectivity index is 1.50. The van der Waals surface area contributed by atoms with Gasteiger partial charge in [-0.3, -0.25) is 14.4 Å². The van der Waals surface area contributed by atoms with Crippen molar-refractivity contribution < 1.29 is 61.9 Å². The largest absolute Gasteiger partial charge is 0.509 e. The number of cyclic esters (lactones) is 1. The van der Waals surface area contributed by atoms with Crippen molar-refractivity contribution in [2.24, 2.45) is 23.7 Å². The molecule has 330 valence electrons. The maximum atomic E-state index is 15.3. The van der Waals surface area contributed by atoms with E-state index in [1.54, 1.807) is 73.0 Å². The molecule has 2 N–H and O–H groups in total. The minimum absolute atomic E-state index is 0.189. The highest BCUT2D eigenvalue weighted by Gasteiger charge is 2.57. The predicted octanol–water partition coefficient (Wildman–Crippen LogP) is 4.58. The number of nitrogens with zero attached hydrogens (tertiary/aromatic N) is 4. The number of benzene rings is 1. The van der Waals surface area contributed by atoms with E-state index < -0.39 is 114 Å². The molecular weight excluding hydrogens is 785 g/mol. The molecule has 3 saturated heterocycles. The Morgan fingerprint density at radius 3 is 2.37 bits per heavy atom. The number of amides is 1. The van der Waals surface area contributed by atoms with Crippen LogP contribution in [0.1, 0.15) is 80.2 Å². The Morgan fingerprint density at radius 2 is 1.75 bits per heavy atom. The summed E-state index contributed by atoms with van der Waals surface area (Å²) in [5.41, 5.74) is -2.27. The van der Waals surface area contributed by atoms with E-state index in [1.807, 2.05) is 4.90 Å². The second-order valence-electron chi connectivity index (χ2n) is 16.8. The van der Waals surface area contributed by atoms with E-state index in [1.165, 1.54) is 44.2 Å². The number of likely N-dealkylation sites (N-methyl/N-ethyl adjacent to an activating group) is 1. The monoisotopic (exact) mass is 843 g/mol. The number of esters is 1. The van der Waals surface area contributed by atoms with Gasteiger partial charge in [-0.15, -0.1) is 0 Å². The maximum absolute atomic E-state index is 15.3. The zero-order valence-corrected chi connectivity index (χ0v) is 35.8. The first-order chi connectivity index (χ1) is 28.2. The number of hydrogen-bond donors (Lipinski definition) is 2. The van der Waals surface area contributed by atoms with Crippen molar-refractivity contribution in [3.05, 3.63) is 48.3 Å². The highest BCUT2D eigenvalue weighted by atomic mass is 19.1. The van der Waals surface area contributed by atoms with Gasteiger partial charge in [0.1, 0.15) is 60.7 Å². The summed E-state index contributed by atoms with van der Waals surface area (Å²) >= 11 is 0. The zero-order chi connectivity index (χ0) is 44.3. The molecule has 1 aromatic heterocycles. The van der Waals surface area contributed by atoms with Crippen LogP contribution in [0.4, 0.5) is 14.0 Å². The van der Waals surface area contributed by atoms with Crippen molar-refractivity contribution in [2.75, 3.05) is 20.7 Å². The number of ketones is 2. The number of aliphatic hydroxyl groups is 1. The van der Waals surface area contributed by atoms with Gasteiger partial charge in [0.05, 0.1) is 17.8 Å². The van der Waals surface area contributed by atoms with Crippen molar-refractivity contribution in [1.82, 2.24) is 25.0 Å². The van der Waals surface area contributed by atoms with Crippen LogP contribution in [0, 0.1) is 23.7 Å². The summed E-state index contributed by atoms with van der Waals surface area (Å²) in [6, 6.07) is 5.28. The lowest BCUT2D eigenvalue weighted by atomic mass is 9.73. The normalized spacial score (nSPS) is 35.8. The highest BCUT2D eigenvalue weighted by molar-refractivity contribution is 6.00. The minimum atomic E-state index is -1.94. The van der Waals surface area contributed by atoms with Crippen molar-refractivity contribution in [3.63, 3.8) is 0 Å². The highest BCUT2D eigenvalue weighted by Crippen LogP contribution is 2.40. The Morgan fingerprint density at radius 1 is 1.07 bits per heavy atom. The fraction of sp³-hybridized carbons (Fsp3) is 0.643. The number of alkyl carbamates (subject to hydrolysis) is 1. The van der Waals surface area contributed by atoms with Crippen LogP contribution in [0.15, 0.2) is 42.7 Å². The van der Waals surface area contributed by atoms with E-state index in [4.69, 9.17) is 28.4 Å². The summed E-state index contributed by atoms with van der Waals surface area (Å²) in [4.78, 5) is 74.7. The molecule has 17 nitrogen and oxygen atoms in total. The number of rotatable bonds is 9. The Hall–Kier alpha value is -4.78. The first-order valence-electron chi connectivity index (χ1n) is 20.3. The van der Waals surface area contributed by atoms with Crippen LogP contribution in [0.3, 0.4) is 0 Å². The number of aliphatic hydroxyl groups excluding tert-OH is 1. The van der Waals surface area contributed by atoms with Gasteiger partial charge in [-0.25, -0.2) is 23.6 Å². The number of fused-ring (bicyclic) bond motifs is 1. The number of carbonyl (C=O) groups excluding carboxylic acids is 5. The Kier molecular flexibility index (Phi) is 14.6. The SMILES string of the molecule is CC[C@H]1OC(=O)[C@H](C)C(=O)[C@H](C)[C@@H](O[C@@H]2O[C@H](C)C[C@H](N(C)C)[C@H]2O)[C@](C)(OC(=O)OCC(F)=Cc2ccc(-n3cncn3)cc2)C[C@@H](C)C(=O)[C@H](C)[C@H]2NC(=O)O[C@@]21C. The first kappa shape index (κ1) is 46.3. The molecule has 0 aliphatic carbocycles. The zero-order valence-electron chi connectivity index (χ0n) is 35.8. The quantitative estimate of drug-likeness (QED) is 0.201. The molecule has 3 aliphatic rings. The molecule has 3 aliphatic heterocycles. The average Bonchev–Trinajstić information content (AvgIpc) is 3.85. The molecule has 1 amide bonds. The molecule has 0 bridgehead atoms. The van der Waals surface area contributed by atoms with Crippen LogP contribution in [-0.4, -0.2) is 129 Å². The minimum Gasteiger partial charge on any atom is -0.458 e. The van der Waals surface area contributed by atoms with E-state index in [0.29, 0.717) is 17.7 Å². The Labute approximate surface area is 349 Å². The van der Waals surface area contributed by atoms with Crippen LogP contribution in [0.25, 0.3) is 11.8 Å². The molecule has 60 heavy (non-hydrogen) atoms. The molecule has 5 rings (SSSR count). The third-order valence-corrected chi connectivity index (χ3v) is 12.0. The topological polar surface area (TPSA) is 207 Å². The molecule has 13 atom stereocenters. The van der Waals surface area contributed by atoms with Gasteiger partial charge >= 0.3 is 18.2 Å². The molecule has 0 unspecified atom stereocenters. The average molecular weight is 844 g/mol. The molecule has 0 radical (unpaired) electrons. The van der Waals surface area contributed by atoms with E-state index in [9.17, 15) is 29.1 Å². The summed E-state index contributed by atoms with van der Waals surface area (Å²) in [6.45, 7) is 11.7. The van der Waals surface area contributed by atoms with Gasteiger partial charge in [0.15, 0.2) is 17.7 Å². The lowest BCUT2D eigenvalue weighted by Gasteiger charge is -2.46. The molecule has 18 heteroatoms. The first-order valence-corrected chi connectivity index (χ1v) is 20.3. The molecule has 2 aromatic rings. The molecule has 1 aromatic carbocycles. The van der Waals surface area contributed by atoms with Crippen LogP contribution in [0.5, 0.6) is 0 Å². The van der Waals surface area contributed by atoms with Crippen molar-refractivity contribution >= 4 is 35.9 Å². The summed E-state index contributed by atoms with van der Waals surface area (Å²) in [7, 11) is 3.57. The van der Waals surface area contributed by atoms with Crippen molar-refractivity contribution in [1.29, 1.82) is 0 Å². The van der Waals surface area contributed by atoms with Gasteiger partial charge in [0.25, 0.3) is 0 Å². The van der Waals surface area contributed by atoms with Gasteiger partial charge in [0, 0.05) is 23.8 Å². The number of carbonyl (C=O) groups is 5. The van der Waals surface area contributed by atoms with Gasteiger partial charge in [0.2, 0.25) is 0 Å². The van der Waals surface area contributed by atoms with Gasteiger partial charge < -0.3 is 43.7 Å². The van der Waals surface area contributed by atoms with Crippen molar-refractivity contribution in [3.8, 4) is 5.69 Å². The molecule has 4 heterocycles. The van der Waals surface area contributed by atoms with Crippen molar-refractivity contribution in [2.45, 2.75) is 129 Å². The molecule has 3 fully saturated rings. The van der Waals surface area contributed by atoms with Crippen LogP contribution < -0.4 is 5.32 Å². The summed E-state index contributed by atoms with van der Waals surface area (Å²) in [5.74, 6) is -7.35. The molecular formula is C42H58FN5O12. The molecule has 0 spiro atoms. The van der Waals surface area contributed by atoms with Gasteiger partial charge in [-0.05, 0) is 84.8 Å². The predicted molar refractivity (Wildman–Crippen MR) is 212 cm³/mol. The third kappa shape index (κ3) is 10.0. The number of nitrogens with one attached hydrogen (secondary N) is 1. The summed E-state index contributed by atoms with van der Waals surface area (Å²) in [5, 5.41) is 18.3. The summed E-state index contributed by atoms with van der Waals surface area (Å²) < 4.78 is 52.3. The van der Waals surface area contributed by atoms with Crippen LogP contribution in [-0.2, 0) is 42.8 Å².